The molecule has 8 nitrogen and oxygen atoms in total. The van der Waals surface area contributed by atoms with Crippen LogP contribution in [0.25, 0.3) is 22.3 Å². The average molecular weight is 474 g/mol. The van der Waals surface area contributed by atoms with Gasteiger partial charge in [-0.3, -0.25) is 4.79 Å². The number of rotatable bonds is 6. The molecule has 3 N–H and O–H groups in total. The number of nitrogens with zero attached hydrogens (tertiary/aromatic N) is 4. The maximum atomic E-state index is 13.5. The number of ether oxygens (including phenoxy) is 1. The molecule has 0 bridgehead atoms. The third-order valence-corrected chi connectivity index (χ3v) is 4.97. The molecule has 1 amide bonds. The lowest BCUT2D eigenvalue weighted by molar-refractivity contribution is -0.141. The van der Waals surface area contributed by atoms with Gasteiger partial charge in [0.25, 0.3) is 5.91 Å². The Kier molecular flexibility index (Phi) is 6.05. The molecule has 0 saturated carbocycles. The lowest BCUT2D eigenvalue weighted by Gasteiger charge is -2.10. The Balaban J connectivity index is 1.57. The Hall–Kier alpha value is -4.22. The van der Waals surface area contributed by atoms with Crippen molar-refractivity contribution in [3.8, 4) is 17.0 Å². The fourth-order valence-corrected chi connectivity index (χ4v) is 3.43. The van der Waals surface area contributed by atoms with E-state index in [1.807, 2.05) is 0 Å². The molecule has 0 aliphatic carbocycles. The SMILES string of the molecule is COc1ccc(F)cc1C(=O)NCc1ccc(-c2nn(CC(F)(F)F)c3ncnc(N)c23)cc1. The Bertz CT molecular complexity index is 1350. The number of methoxy groups -OCH3 is 1. The standard InChI is InChI=1S/C22H18F4N6O2/c1-34-16-7-6-14(23)8-15(16)21(33)28-9-12-2-4-13(5-3-12)18-17-19(27)29-11-30-20(17)32(31-18)10-22(24,25)26/h2-8,11H,9-10H2,1H3,(H,28,33)(H2,27,29,30). The van der Waals surface area contributed by atoms with Gasteiger partial charge in [-0.1, -0.05) is 24.3 Å². The Labute approximate surface area is 190 Å². The third-order valence-electron chi connectivity index (χ3n) is 4.97. The molecule has 2 aromatic carbocycles. The number of halogens is 4. The molecule has 4 rings (SSSR count). The zero-order valence-electron chi connectivity index (χ0n) is 17.7. The summed E-state index contributed by atoms with van der Waals surface area (Å²) in [4.78, 5) is 20.2. The molecule has 0 aliphatic rings. The van der Waals surface area contributed by atoms with Gasteiger partial charge in [-0.2, -0.15) is 18.3 Å². The molecule has 34 heavy (non-hydrogen) atoms. The number of carbonyl (C=O) groups excluding carboxylic acids is 1. The highest BCUT2D eigenvalue weighted by molar-refractivity contribution is 5.98. The summed E-state index contributed by atoms with van der Waals surface area (Å²) in [5, 5.41) is 6.96. The van der Waals surface area contributed by atoms with Crippen molar-refractivity contribution >= 4 is 22.8 Å². The topological polar surface area (TPSA) is 108 Å². The van der Waals surface area contributed by atoms with Gasteiger partial charge in [0.1, 0.15) is 36.0 Å². The molecule has 4 aromatic rings. The highest BCUT2D eigenvalue weighted by Gasteiger charge is 2.31. The predicted molar refractivity (Wildman–Crippen MR) is 115 cm³/mol. The van der Waals surface area contributed by atoms with E-state index in [2.05, 4.69) is 20.4 Å². The lowest BCUT2D eigenvalue weighted by Crippen LogP contribution is -2.23. The summed E-state index contributed by atoms with van der Waals surface area (Å²) < 4.78 is 58.3. The first-order valence-electron chi connectivity index (χ1n) is 9.91. The Morgan fingerprint density at radius 1 is 1.15 bits per heavy atom. The van der Waals surface area contributed by atoms with Crippen LogP contribution in [0, 0.1) is 5.82 Å². The first-order valence-corrected chi connectivity index (χ1v) is 9.91. The van der Waals surface area contributed by atoms with E-state index in [9.17, 15) is 22.4 Å². The van der Waals surface area contributed by atoms with Gasteiger partial charge >= 0.3 is 6.18 Å². The smallest absolute Gasteiger partial charge is 0.408 e. The van der Waals surface area contributed by atoms with Gasteiger partial charge in [0.2, 0.25) is 0 Å². The van der Waals surface area contributed by atoms with E-state index in [0.29, 0.717) is 11.1 Å². The number of nitrogens with two attached hydrogens (primary N) is 1. The fraction of sp³-hybridized carbons (Fsp3) is 0.182. The van der Waals surface area contributed by atoms with Crippen molar-refractivity contribution in [1.29, 1.82) is 0 Å². The summed E-state index contributed by atoms with van der Waals surface area (Å²) in [6.07, 6.45) is -3.42. The van der Waals surface area contributed by atoms with Crippen LogP contribution in [0.15, 0.2) is 48.8 Å². The summed E-state index contributed by atoms with van der Waals surface area (Å²) in [6, 6.07) is 10.2. The number of fused-ring (bicyclic) bond motifs is 1. The van der Waals surface area contributed by atoms with Gasteiger partial charge in [-0.25, -0.2) is 19.0 Å². The summed E-state index contributed by atoms with van der Waals surface area (Å²) in [6.45, 7) is -1.21. The number of aromatic nitrogens is 4. The van der Waals surface area contributed by atoms with Crippen molar-refractivity contribution in [3.63, 3.8) is 0 Å². The highest BCUT2D eigenvalue weighted by atomic mass is 19.4. The normalized spacial score (nSPS) is 11.6. The summed E-state index contributed by atoms with van der Waals surface area (Å²) >= 11 is 0. The van der Waals surface area contributed by atoms with Crippen molar-refractivity contribution in [2.45, 2.75) is 19.3 Å². The number of benzene rings is 2. The number of alkyl halides is 3. The van der Waals surface area contributed by atoms with Gasteiger partial charge in [-0.15, -0.1) is 0 Å². The number of nitrogens with one attached hydrogen (secondary N) is 1. The minimum absolute atomic E-state index is 0.00815. The number of amides is 1. The van der Waals surface area contributed by atoms with E-state index in [1.54, 1.807) is 24.3 Å². The van der Waals surface area contributed by atoms with E-state index in [0.717, 1.165) is 17.1 Å². The quantitative estimate of drug-likeness (QED) is 0.413. The van der Waals surface area contributed by atoms with E-state index >= 15 is 0 Å². The predicted octanol–water partition coefficient (Wildman–Crippen LogP) is 3.72. The molecule has 176 valence electrons. The van der Waals surface area contributed by atoms with Crippen molar-refractivity contribution in [3.05, 3.63) is 65.7 Å². The minimum atomic E-state index is -4.50. The number of hydrogen-bond donors (Lipinski definition) is 2. The van der Waals surface area contributed by atoms with Gasteiger partial charge < -0.3 is 15.8 Å². The number of carbonyl (C=O) groups is 1. The van der Waals surface area contributed by atoms with Crippen LogP contribution in [0.1, 0.15) is 15.9 Å². The number of anilines is 1. The summed E-state index contributed by atoms with van der Waals surface area (Å²) in [7, 11) is 1.38. The van der Waals surface area contributed by atoms with E-state index in [4.69, 9.17) is 10.5 Å². The molecule has 2 heterocycles. The zero-order chi connectivity index (χ0) is 24.5. The van der Waals surface area contributed by atoms with Gasteiger partial charge in [0, 0.05) is 12.1 Å². The molecule has 0 radical (unpaired) electrons. The monoisotopic (exact) mass is 474 g/mol. The van der Waals surface area contributed by atoms with E-state index in [1.165, 1.54) is 19.2 Å². The molecule has 0 spiro atoms. The van der Waals surface area contributed by atoms with Crippen LogP contribution in [-0.2, 0) is 13.1 Å². The first kappa shape index (κ1) is 23.0. The van der Waals surface area contributed by atoms with Gasteiger partial charge in [0.15, 0.2) is 5.65 Å². The Morgan fingerprint density at radius 2 is 1.88 bits per heavy atom. The van der Waals surface area contributed by atoms with Crippen molar-refractivity contribution in [2.24, 2.45) is 0 Å². The largest absolute Gasteiger partial charge is 0.496 e. The molecule has 0 atom stereocenters. The van der Waals surface area contributed by atoms with Crippen molar-refractivity contribution in [2.75, 3.05) is 12.8 Å². The summed E-state index contributed by atoms with van der Waals surface area (Å²) in [5.74, 6) is -0.859. The maximum absolute atomic E-state index is 13.5. The molecular weight excluding hydrogens is 456 g/mol. The van der Waals surface area contributed by atoms with E-state index < -0.39 is 24.4 Å². The molecule has 0 saturated heterocycles. The second-order valence-corrected chi connectivity index (χ2v) is 7.30. The first-order chi connectivity index (χ1) is 16.2. The lowest BCUT2D eigenvalue weighted by atomic mass is 10.1. The Morgan fingerprint density at radius 3 is 2.56 bits per heavy atom. The third kappa shape index (κ3) is 4.75. The van der Waals surface area contributed by atoms with Crippen LogP contribution in [0.2, 0.25) is 0 Å². The molecular formula is C22H18F4N6O2. The number of nitrogen functional groups attached to an aromatic ring is 1. The van der Waals surface area contributed by atoms with Crippen LogP contribution >= 0.6 is 0 Å². The van der Waals surface area contributed by atoms with Gasteiger partial charge in [0.05, 0.1) is 18.1 Å². The molecule has 0 aliphatic heterocycles. The van der Waals surface area contributed by atoms with Crippen molar-refractivity contribution < 1.29 is 27.1 Å². The van der Waals surface area contributed by atoms with Crippen LogP contribution in [0.5, 0.6) is 5.75 Å². The maximum Gasteiger partial charge on any atom is 0.408 e. The molecule has 12 heteroatoms. The van der Waals surface area contributed by atoms with Crippen LogP contribution in [0.4, 0.5) is 23.4 Å². The second-order valence-electron chi connectivity index (χ2n) is 7.30. The van der Waals surface area contributed by atoms with E-state index in [-0.39, 0.29) is 40.4 Å². The molecule has 0 fully saturated rings. The number of hydrogen-bond acceptors (Lipinski definition) is 6. The average Bonchev–Trinajstić information content (AvgIpc) is 3.16. The van der Waals surface area contributed by atoms with Crippen molar-refractivity contribution in [1.82, 2.24) is 25.1 Å². The zero-order valence-corrected chi connectivity index (χ0v) is 17.7. The summed E-state index contributed by atoms with van der Waals surface area (Å²) in [5.41, 5.74) is 7.32. The highest BCUT2D eigenvalue weighted by Crippen LogP contribution is 2.31. The minimum Gasteiger partial charge on any atom is -0.496 e. The van der Waals surface area contributed by atoms with Crippen LogP contribution < -0.4 is 15.8 Å². The molecule has 0 unspecified atom stereocenters. The fourth-order valence-electron chi connectivity index (χ4n) is 3.43. The molecule has 2 aromatic heterocycles. The van der Waals surface area contributed by atoms with Gasteiger partial charge in [-0.05, 0) is 23.8 Å². The second kappa shape index (κ2) is 8.96. The van der Waals surface area contributed by atoms with Crippen LogP contribution in [-0.4, -0.2) is 38.9 Å². The van der Waals surface area contributed by atoms with Crippen LogP contribution in [0.3, 0.4) is 0 Å².